The SMILES string of the molecule is CCOC(=O)c1c(-c2ccc(Cl)cc2)c(-c2ccccc2)c2n1CCc1cc(OC)c(OC)cc1-2. The second kappa shape index (κ2) is 9.51. The number of carbonyl (C=O) groups is 1. The van der Waals surface area contributed by atoms with Crippen LogP contribution in [-0.4, -0.2) is 31.4 Å². The first-order valence-corrected chi connectivity index (χ1v) is 11.9. The smallest absolute Gasteiger partial charge is 0.355 e. The van der Waals surface area contributed by atoms with Crippen LogP contribution >= 0.6 is 11.6 Å². The highest BCUT2D eigenvalue weighted by Gasteiger charge is 2.33. The van der Waals surface area contributed by atoms with Crippen LogP contribution in [0, 0.1) is 0 Å². The van der Waals surface area contributed by atoms with Crippen LogP contribution in [0.4, 0.5) is 0 Å². The summed E-state index contributed by atoms with van der Waals surface area (Å²) in [4.78, 5) is 13.4. The number of esters is 1. The molecule has 0 bridgehead atoms. The molecule has 0 radical (unpaired) electrons. The highest BCUT2D eigenvalue weighted by Crippen LogP contribution is 2.49. The number of hydrogen-bond donors (Lipinski definition) is 0. The van der Waals surface area contributed by atoms with Gasteiger partial charge in [-0.2, -0.15) is 0 Å². The van der Waals surface area contributed by atoms with Gasteiger partial charge in [0.2, 0.25) is 0 Å². The van der Waals surface area contributed by atoms with Crippen molar-refractivity contribution in [1.82, 2.24) is 4.57 Å². The molecule has 0 fully saturated rings. The zero-order valence-corrected chi connectivity index (χ0v) is 20.7. The van der Waals surface area contributed by atoms with Gasteiger partial charge in [0.1, 0.15) is 5.69 Å². The van der Waals surface area contributed by atoms with Gasteiger partial charge in [0.25, 0.3) is 0 Å². The molecule has 1 aliphatic heterocycles. The van der Waals surface area contributed by atoms with Gasteiger partial charge in [0.05, 0.1) is 26.5 Å². The van der Waals surface area contributed by atoms with Crippen molar-refractivity contribution >= 4 is 17.6 Å². The van der Waals surface area contributed by atoms with E-state index in [0.717, 1.165) is 45.5 Å². The summed E-state index contributed by atoms with van der Waals surface area (Å²) in [6.45, 7) is 2.76. The molecule has 0 aliphatic carbocycles. The van der Waals surface area contributed by atoms with Crippen LogP contribution in [0.5, 0.6) is 11.5 Å². The average Bonchev–Trinajstić information content (AvgIpc) is 3.24. The first-order chi connectivity index (χ1) is 17.1. The Kier molecular flexibility index (Phi) is 6.27. The van der Waals surface area contributed by atoms with Crippen molar-refractivity contribution in [2.24, 2.45) is 0 Å². The molecule has 0 unspecified atom stereocenters. The van der Waals surface area contributed by atoms with Gasteiger partial charge in [-0.25, -0.2) is 4.79 Å². The van der Waals surface area contributed by atoms with Crippen molar-refractivity contribution < 1.29 is 19.0 Å². The normalized spacial score (nSPS) is 12.0. The Labute approximate surface area is 209 Å². The van der Waals surface area contributed by atoms with E-state index in [0.29, 0.717) is 35.4 Å². The molecule has 1 aromatic heterocycles. The van der Waals surface area contributed by atoms with Gasteiger partial charge >= 0.3 is 5.97 Å². The summed E-state index contributed by atoms with van der Waals surface area (Å²) in [6, 6.07) is 21.8. The minimum atomic E-state index is -0.343. The number of ether oxygens (including phenoxy) is 3. The zero-order chi connectivity index (χ0) is 24.5. The lowest BCUT2D eigenvalue weighted by atomic mass is 9.90. The lowest BCUT2D eigenvalue weighted by molar-refractivity contribution is 0.0515. The molecule has 0 N–H and O–H groups in total. The molecule has 4 aromatic rings. The first kappa shape index (κ1) is 23.1. The third-order valence-electron chi connectivity index (χ3n) is 6.40. The molecule has 0 saturated carbocycles. The summed E-state index contributed by atoms with van der Waals surface area (Å²) in [6.07, 6.45) is 0.748. The van der Waals surface area contributed by atoms with Crippen molar-refractivity contribution in [3.63, 3.8) is 0 Å². The van der Waals surface area contributed by atoms with Crippen LogP contribution in [0.15, 0.2) is 66.7 Å². The van der Waals surface area contributed by atoms with Crippen LogP contribution in [0.25, 0.3) is 33.5 Å². The Morgan fingerprint density at radius 1 is 0.914 bits per heavy atom. The van der Waals surface area contributed by atoms with Crippen LogP contribution in [0.1, 0.15) is 23.0 Å². The maximum Gasteiger partial charge on any atom is 0.355 e. The van der Waals surface area contributed by atoms with Gasteiger partial charge in [-0.05, 0) is 54.3 Å². The lowest BCUT2D eigenvalue weighted by Gasteiger charge is -2.24. The second-order valence-electron chi connectivity index (χ2n) is 8.31. The molecule has 0 spiro atoms. The molecule has 6 heteroatoms. The third kappa shape index (κ3) is 3.96. The fourth-order valence-corrected chi connectivity index (χ4v) is 5.02. The van der Waals surface area contributed by atoms with E-state index in [-0.39, 0.29) is 5.97 Å². The van der Waals surface area contributed by atoms with E-state index >= 15 is 0 Å². The number of methoxy groups -OCH3 is 2. The minimum absolute atomic E-state index is 0.293. The Hall–Kier alpha value is -3.70. The first-order valence-electron chi connectivity index (χ1n) is 11.6. The van der Waals surface area contributed by atoms with Crippen LogP contribution in [0.3, 0.4) is 0 Å². The molecule has 5 rings (SSSR count). The maximum atomic E-state index is 13.4. The number of rotatable bonds is 6. The van der Waals surface area contributed by atoms with Crippen molar-refractivity contribution in [3.05, 3.63) is 83.0 Å². The quantitative estimate of drug-likeness (QED) is 0.278. The van der Waals surface area contributed by atoms with E-state index in [1.807, 2.05) is 61.5 Å². The molecule has 1 aliphatic rings. The van der Waals surface area contributed by atoms with Gasteiger partial charge < -0.3 is 18.8 Å². The lowest BCUT2D eigenvalue weighted by Crippen LogP contribution is -2.18. The summed E-state index contributed by atoms with van der Waals surface area (Å²) in [5.41, 5.74) is 7.39. The average molecular weight is 488 g/mol. The highest BCUT2D eigenvalue weighted by molar-refractivity contribution is 6.30. The Balaban J connectivity index is 1.91. The van der Waals surface area contributed by atoms with Crippen molar-refractivity contribution in [2.45, 2.75) is 19.9 Å². The number of aryl methyl sites for hydroxylation is 1. The van der Waals surface area contributed by atoms with Crippen molar-refractivity contribution in [3.8, 4) is 45.0 Å². The van der Waals surface area contributed by atoms with E-state index < -0.39 is 0 Å². The summed E-state index contributed by atoms with van der Waals surface area (Å²) in [5.74, 6) is 0.992. The molecule has 0 atom stereocenters. The molecular formula is C29H26ClNO4. The number of hydrogen-bond acceptors (Lipinski definition) is 4. The molecule has 35 heavy (non-hydrogen) atoms. The number of nitrogens with zero attached hydrogens (tertiary/aromatic N) is 1. The summed E-state index contributed by atoms with van der Waals surface area (Å²) < 4.78 is 18.9. The fourth-order valence-electron chi connectivity index (χ4n) is 4.90. The Bertz CT molecular complexity index is 1390. The topological polar surface area (TPSA) is 49.7 Å². The summed E-state index contributed by atoms with van der Waals surface area (Å²) in [7, 11) is 3.27. The maximum absolute atomic E-state index is 13.4. The largest absolute Gasteiger partial charge is 0.493 e. The van der Waals surface area contributed by atoms with Gasteiger partial charge in [0, 0.05) is 28.3 Å². The molecule has 3 aromatic carbocycles. The minimum Gasteiger partial charge on any atom is -0.493 e. The number of aromatic nitrogens is 1. The standard InChI is InChI=1S/C29H26ClNO4/c1-4-35-29(32)28-26(19-10-12-21(30)13-11-19)25(18-8-6-5-7-9-18)27-22-17-24(34-3)23(33-2)16-20(22)14-15-31(27)28/h5-13,16-17H,4,14-15H2,1-3H3. The molecule has 178 valence electrons. The molecule has 2 heterocycles. The predicted octanol–water partition coefficient (Wildman–Crippen LogP) is 6.89. The molecule has 0 amide bonds. The van der Waals surface area contributed by atoms with Crippen LogP contribution in [0.2, 0.25) is 5.02 Å². The highest BCUT2D eigenvalue weighted by atomic mass is 35.5. The molecule has 0 saturated heterocycles. The number of halogens is 1. The zero-order valence-electron chi connectivity index (χ0n) is 19.9. The van der Waals surface area contributed by atoms with Gasteiger partial charge in [-0.3, -0.25) is 0 Å². The number of carbonyl (C=O) groups excluding carboxylic acids is 1. The van der Waals surface area contributed by atoms with E-state index in [9.17, 15) is 4.79 Å². The van der Waals surface area contributed by atoms with E-state index in [1.54, 1.807) is 14.2 Å². The van der Waals surface area contributed by atoms with Crippen molar-refractivity contribution in [2.75, 3.05) is 20.8 Å². The van der Waals surface area contributed by atoms with Crippen molar-refractivity contribution in [1.29, 1.82) is 0 Å². The van der Waals surface area contributed by atoms with E-state index in [2.05, 4.69) is 16.7 Å². The van der Waals surface area contributed by atoms with E-state index in [1.165, 1.54) is 0 Å². The fraction of sp³-hybridized carbons (Fsp3) is 0.207. The molecular weight excluding hydrogens is 462 g/mol. The third-order valence-corrected chi connectivity index (χ3v) is 6.65. The Morgan fingerprint density at radius 3 is 2.23 bits per heavy atom. The predicted molar refractivity (Wildman–Crippen MR) is 139 cm³/mol. The second-order valence-corrected chi connectivity index (χ2v) is 8.74. The monoisotopic (exact) mass is 487 g/mol. The van der Waals surface area contributed by atoms with Gasteiger partial charge in [-0.15, -0.1) is 0 Å². The Morgan fingerprint density at radius 2 is 1.57 bits per heavy atom. The van der Waals surface area contributed by atoms with Gasteiger partial charge in [-0.1, -0.05) is 54.1 Å². The van der Waals surface area contributed by atoms with Crippen LogP contribution < -0.4 is 9.47 Å². The molecule has 5 nitrogen and oxygen atoms in total. The number of fused-ring (bicyclic) bond motifs is 3. The number of benzene rings is 3. The summed E-state index contributed by atoms with van der Waals surface area (Å²) >= 11 is 6.22. The summed E-state index contributed by atoms with van der Waals surface area (Å²) in [5, 5.41) is 0.638. The van der Waals surface area contributed by atoms with E-state index in [4.69, 9.17) is 25.8 Å². The van der Waals surface area contributed by atoms with Gasteiger partial charge in [0.15, 0.2) is 11.5 Å². The van der Waals surface area contributed by atoms with Crippen LogP contribution in [-0.2, 0) is 17.7 Å².